The molecule has 2 amide bonds. The van der Waals surface area contributed by atoms with E-state index in [2.05, 4.69) is 35.1 Å². The van der Waals surface area contributed by atoms with Crippen LogP contribution in [0.3, 0.4) is 0 Å². The summed E-state index contributed by atoms with van der Waals surface area (Å²) in [5.41, 5.74) is 0.703. The molecule has 1 saturated heterocycles. The number of carbonyl (C=O) groups excluding carboxylic acids is 2. The van der Waals surface area contributed by atoms with Crippen LogP contribution in [0.15, 0.2) is 59.6 Å². The number of nitrogens with zero attached hydrogens (tertiary/aromatic N) is 5. The van der Waals surface area contributed by atoms with Gasteiger partial charge >= 0.3 is 12.2 Å². The molecule has 50 heavy (non-hydrogen) atoms. The van der Waals surface area contributed by atoms with Gasteiger partial charge in [-0.25, -0.2) is 18.4 Å². The van der Waals surface area contributed by atoms with Crippen LogP contribution in [0.25, 0.3) is 10.3 Å². The number of alkyl halides is 5. The van der Waals surface area contributed by atoms with Crippen molar-refractivity contribution in [2.75, 3.05) is 31.6 Å². The molecule has 0 bridgehead atoms. The van der Waals surface area contributed by atoms with Crippen LogP contribution in [0.1, 0.15) is 30.0 Å². The second-order valence-electron chi connectivity index (χ2n) is 10.1. The van der Waals surface area contributed by atoms with Crippen molar-refractivity contribution < 1.29 is 49.4 Å². The summed E-state index contributed by atoms with van der Waals surface area (Å²) in [4.78, 5) is 39.5. The molecule has 2 atom stereocenters. The van der Waals surface area contributed by atoms with Gasteiger partial charge in [-0.15, -0.1) is 13.2 Å². The zero-order chi connectivity index (χ0) is 36.9. The van der Waals surface area contributed by atoms with Crippen molar-refractivity contribution in [2.45, 2.75) is 43.5 Å². The van der Waals surface area contributed by atoms with E-state index in [-0.39, 0.29) is 48.3 Å². The summed E-state index contributed by atoms with van der Waals surface area (Å²) in [7, 11) is -1.77. The molecule has 0 saturated carbocycles. The Morgan fingerprint density at radius 2 is 1.60 bits per heavy atom. The van der Waals surface area contributed by atoms with Gasteiger partial charge in [0.15, 0.2) is 10.8 Å². The van der Waals surface area contributed by atoms with Crippen LogP contribution >= 0.6 is 20.6 Å². The van der Waals surface area contributed by atoms with Gasteiger partial charge in [0.1, 0.15) is 17.5 Å². The number of rotatable bonds is 10. The zero-order valence-corrected chi connectivity index (χ0v) is 29.4. The Morgan fingerprint density at radius 3 is 2.20 bits per heavy atom. The van der Waals surface area contributed by atoms with Gasteiger partial charge in [0.25, 0.3) is 5.91 Å². The highest BCUT2D eigenvalue weighted by atomic mass is 32.2. The number of anilines is 1. The molecule has 1 unspecified atom stereocenters. The van der Waals surface area contributed by atoms with Crippen LogP contribution in [0.2, 0.25) is 0 Å². The summed E-state index contributed by atoms with van der Waals surface area (Å²) in [6.45, 7) is 3.55. The Balaban J connectivity index is 0.00000276. The molecule has 2 N–H and O–H groups in total. The highest BCUT2D eigenvalue weighted by Gasteiger charge is 2.41. The Bertz CT molecular complexity index is 1910. The van der Waals surface area contributed by atoms with E-state index >= 15 is 0 Å². The van der Waals surface area contributed by atoms with Gasteiger partial charge in [-0.1, -0.05) is 37.3 Å². The monoisotopic (exact) mass is 763 g/mol. The summed E-state index contributed by atoms with van der Waals surface area (Å²) >= 11 is 1.16. The minimum absolute atomic E-state index is 0.0651. The number of halogens is 5. The van der Waals surface area contributed by atoms with Crippen LogP contribution in [-0.2, 0) is 21.4 Å². The Labute approximate surface area is 289 Å². The van der Waals surface area contributed by atoms with Gasteiger partial charge in [0.05, 0.1) is 15.8 Å². The van der Waals surface area contributed by atoms with Crippen molar-refractivity contribution in [3.63, 3.8) is 0 Å². The number of hydrogen-bond acceptors (Lipinski definition) is 11. The molecule has 3 heterocycles. The Kier molecular flexibility index (Phi) is 12.1. The number of amides is 2. The van der Waals surface area contributed by atoms with Gasteiger partial charge in [-0.3, -0.25) is 9.59 Å². The summed E-state index contributed by atoms with van der Waals surface area (Å²) < 4.78 is 101. The number of piperazine rings is 1. The fourth-order valence-electron chi connectivity index (χ4n) is 4.61. The van der Waals surface area contributed by atoms with Crippen molar-refractivity contribution >= 4 is 57.9 Å². The summed E-state index contributed by atoms with van der Waals surface area (Å²) in [6.07, 6.45) is -3.56. The number of hydrogen-bond donors (Lipinski definition) is 2. The first-order valence-electron chi connectivity index (χ1n) is 14.7. The molecule has 2 aromatic heterocycles. The zero-order valence-electron chi connectivity index (χ0n) is 26.6. The number of aromatic nitrogens is 3. The molecule has 0 radical (unpaired) electrons. The summed E-state index contributed by atoms with van der Waals surface area (Å²) in [5, 5.41) is 5.45. The van der Waals surface area contributed by atoms with E-state index in [4.69, 9.17) is 0 Å². The molecular weight excluding hydrogens is 732 g/mol. The van der Waals surface area contributed by atoms with E-state index in [0.29, 0.717) is 15.4 Å². The standard InChI is InChI=1S/C27H25F5N7O6PS2.C2H6/c1-33-24(41)22-34-13-20-21(36-22)37-25(47-20)38-10-11-39(48(42,43)18-8-6-16(7-9-18)44-26(28,29)30)19(14-38)23(40)35-12-15-2-4-17(5-3-15)45-27(31,32)46;1-2/h2-9,13,19H,10-12,14,46H2,1H3,(H,33,41)(H,35,40);1-2H3/t19-;/m1./s1. The predicted molar refractivity (Wildman–Crippen MR) is 177 cm³/mol. The average Bonchev–Trinajstić information content (AvgIpc) is 3.51. The molecule has 2 aromatic carbocycles. The van der Waals surface area contributed by atoms with E-state index in [1.165, 1.54) is 46.7 Å². The van der Waals surface area contributed by atoms with Crippen LogP contribution in [0.5, 0.6) is 11.5 Å². The van der Waals surface area contributed by atoms with E-state index in [0.717, 1.165) is 39.9 Å². The predicted octanol–water partition coefficient (Wildman–Crippen LogP) is 4.37. The number of ether oxygens (including phenoxy) is 2. The van der Waals surface area contributed by atoms with Gasteiger partial charge < -0.3 is 25.0 Å². The Morgan fingerprint density at radius 1 is 0.980 bits per heavy atom. The van der Waals surface area contributed by atoms with Crippen molar-refractivity contribution in [3.8, 4) is 11.5 Å². The summed E-state index contributed by atoms with van der Waals surface area (Å²) in [6, 6.07) is 7.65. The second-order valence-corrected chi connectivity index (χ2v) is 13.7. The number of nitrogens with one attached hydrogen (secondary N) is 2. The van der Waals surface area contributed by atoms with Gasteiger partial charge in [-0.2, -0.15) is 18.1 Å². The maximum atomic E-state index is 13.8. The van der Waals surface area contributed by atoms with Crippen LogP contribution in [0, 0.1) is 0 Å². The number of carbonyl (C=O) groups is 2. The van der Waals surface area contributed by atoms with Crippen LogP contribution < -0.4 is 25.0 Å². The maximum absolute atomic E-state index is 13.8. The molecule has 13 nitrogen and oxygen atoms in total. The molecule has 1 fully saturated rings. The third kappa shape index (κ3) is 9.70. The van der Waals surface area contributed by atoms with Gasteiger partial charge in [0.2, 0.25) is 21.8 Å². The molecule has 1 aliphatic rings. The first-order chi connectivity index (χ1) is 23.5. The second kappa shape index (κ2) is 15.7. The van der Waals surface area contributed by atoms with Crippen molar-refractivity contribution in [2.24, 2.45) is 0 Å². The molecule has 1 aliphatic heterocycles. The third-order valence-electron chi connectivity index (χ3n) is 6.78. The number of thiazole rings is 1. The smallest absolute Gasteiger partial charge is 0.430 e. The van der Waals surface area contributed by atoms with Crippen molar-refractivity contribution in [1.82, 2.24) is 29.9 Å². The largest absolute Gasteiger partial charge is 0.573 e. The normalized spacial score (nSPS) is 15.5. The van der Waals surface area contributed by atoms with Crippen molar-refractivity contribution in [3.05, 3.63) is 66.1 Å². The average molecular weight is 764 g/mol. The first-order valence-corrected chi connectivity index (χ1v) is 17.6. The van der Waals surface area contributed by atoms with Crippen LogP contribution in [0.4, 0.5) is 27.1 Å². The van der Waals surface area contributed by atoms with Gasteiger partial charge in [0, 0.05) is 33.2 Å². The lowest BCUT2D eigenvalue weighted by atomic mass is 10.1. The fraction of sp³-hybridized carbons (Fsp3) is 0.345. The molecule has 21 heteroatoms. The van der Waals surface area contributed by atoms with Crippen molar-refractivity contribution in [1.29, 1.82) is 0 Å². The van der Waals surface area contributed by atoms with E-state index < -0.39 is 45.8 Å². The van der Waals surface area contributed by atoms with Gasteiger partial charge in [-0.05, 0) is 51.2 Å². The Hall–Kier alpha value is -4.26. The van der Waals surface area contributed by atoms with E-state index in [1.54, 1.807) is 4.90 Å². The molecule has 4 aromatic rings. The minimum Gasteiger partial charge on any atom is -0.430 e. The topological polar surface area (TPSA) is 156 Å². The molecule has 0 spiro atoms. The summed E-state index contributed by atoms with van der Waals surface area (Å²) in [5.74, 6) is -5.59. The number of benzene rings is 2. The lowest BCUT2D eigenvalue weighted by Crippen LogP contribution is -2.60. The molecule has 270 valence electrons. The molecule has 0 aliphatic carbocycles. The lowest BCUT2D eigenvalue weighted by Gasteiger charge is -2.39. The third-order valence-corrected chi connectivity index (χ3v) is 9.86. The number of sulfonamides is 1. The number of fused-ring (bicyclic) bond motifs is 1. The highest BCUT2D eigenvalue weighted by molar-refractivity contribution is 7.89. The first kappa shape index (κ1) is 38.5. The molecule has 5 rings (SSSR count). The fourth-order valence-corrected chi connectivity index (χ4v) is 7.23. The maximum Gasteiger partial charge on any atom is 0.573 e. The minimum atomic E-state index is -4.98. The highest BCUT2D eigenvalue weighted by Crippen LogP contribution is 2.32. The van der Waals surface area contributed by atoms with E-state index in [1.807, 2.05) is 13.8 Å². The van der Waals surface area contributed by atoms with Crippen LogP contribution in [-0.4, -0.2) is 84.4 Å². The quantitative estimate of drug-likeness (QED) is 0.176. The SMILES string of the molecule is CC.CNC(=O)c1ncc2sc(N3CCN(S(=O)(=O)c4ccc(OC(F)(F)F)cc4)[C@@H](C(=O)NCc4ccc(OC(F)(F)P)cc4)C3)nc2n1. The lowest BCUT2D eigenvalue weighted by molar-refractivity contribution is -0.274. The molecular formula is C29H31F5N7O6PS2. The van der Waals surface area contributed by atoms with E-state index in [9.17, 15) is 40.0 Å².